The summed E-state index contributed by atoms with van der Waals surface area (Å²) in [5, 5.41) is 0. The molecule has 49 heavy (non-hydrogen) atoms. The maximum absolute atomic E-state index is 6.19. The lowest BCUT2D eigenvalue weighted by atomic mass is 9.73. The van der Waals surface area contributed by atoms with E-state index < -0.39 is 8.07 Å². The van der Waals surface area contributed by atoms with Crippen molar-refractivity contribution in [2.75, 3.05) is 20.7 Å². The molecule has 6 aliphatic carbocycles. The summed E-state index contributed by atoms with van der Waals surface area (Å²) in [6.07, 6.45) is 27.1. The first kappa shape index (κ1) is 36.1. The van der Waals surface area contributed by atoms with Gasteiger partial charge in [0.2, 0.25) is 0 Å². The van der Waals surface area contributed by atoms with Gasteiger partial charge in [-0.05, 0) is 163 Å². The van der Waals surface area contributed by atoms with Gasteiger partial charge in [0, 0.05) is 30.8 Å². The van der Waals surface area contributed by atoms with Gasteiger partial charge in [0.05, 0.1) is 13.7 Å². The highest BCUT2D eigenvalue weighted by Crippen LogP contribution is 2.73. The van der Waals surface area contributed by atoms with Gasteiger partial charge in [0.25, 0.3) is 0 Å². The molecule has 0 aromatic rings. The molecule has 0 radical (unpaired) electrons. The second-order valence-electron chi connectivity index (χ2n) is 21.7. The Morgan fingerprint density at radius 3 is 1.49 bits per heavy atom. The molecule has 8 fully saturated rings. The van der Waals surface area contributed by atoms with Crippen LogP contribution >= 0.6 is 0 Å². The molecular formula is C45H80N2OSi. The van der Waals surface area contributed by atoms with Crippen LogP contribution in [0.25, 0.3) is 0 Å². The number of likely N-dealkylation sites (tertiary alicyclic amines) is 2. The van der Waals surface area contributed by atoms with Gasteiger partial charge in [-0.2, -0.15) is 0 Å². The summed E-state index contributed by atoms with van der Waals surface area (Å²) in [4.78, 5) is 6.19. The van der Waals surface area contributed by atoms with Crippen LogP contribution in [0.15, 0.2) is 0 Å². The molecule has 16 unspecified atom stereocenters. The Hall–Kier alpha value is 0.0969. The lowest BCUT2D eigenvalue weighted by Crippen LogP contribution is -2.52. The van der Waals surface area contributed by atoms with Gasteiger partial charge in [-0.3, -0.25) is 9.80 Å². The molecule has 0 aromatic carbocycles. The van der Waals surface area contributed by atoms with Crippen LogP contribution in [0.2, 0.25) is 23.7 Å². The Kier molecular flexibility index (Phi) is 10.4. The molecule has 4 heteroatoms. The van der Waals surface area contributed by atoms with Crippen LogP contribution in [0.4, 0.5) is 0 Å². The van der Waals surface area contributed by atoms with Crippen LogP contribution in [0.5, 0.6) is 0 Å². The lowest BCUT2D eigenvalue weighted by molar-refractivity contribution is -0.00471. The smallest absolute Gasteiger partial charge is 0.0598 e. The van der Waals surface area contributed by atoms with E-state index in [4.69, 9.17) is 4.74 Å². The van der Waals surface area contributed by atoms with Crippen LogP contribution in [-0.2, 0) is 4.74 Å². The Bertz CT molecular complexity index is 1070. The average Bonchev–Trinajstić information content (AvgIpc) is 3.76. The second-order valence-corrected chi connectivity index (χ2v) is 26.5. The molecule has 8 rings (SSSR count). The Labute approximate surface area is 305 Å². The van der Waals surface area contributed by atoms with E-state index in [2.05, 4.69) is 65.1 Å². The van der Waals surface area contributed by atoms with Gasteiger partial charge in [-0.15, -0.1) is 0 Å². The topological polar surface area (TPSA) is 15.7 Å². The third-order valence-corrected chi connectivity index (χ3v) is 24.2. The summed E-state index contributed by atoms with van der Waals surface area (Å²) in [6, 6.07) is 5.31. The average molecular weight is 693 g/mol. The molecule has 280 valence electrons. The first-order chi connectivity index (χ1) is 23.5. The number of fused-ring (bicyclic) bond motifs is 10. The zero-order valence-corrected chi connectivity index (χ0v) is 34.7. The molecule has 6 saturated carbocycles. The highest BCUT2D eigenvalue weighted by atomic mass is 28.3. The molecule has 2 saturated heterocycles. The van der Waals surface area contributed by atoms with Crippen molar-refractivity contribution in [3.8, 4) is 0 Å². The maximum Gasteiger partial charge on any atom is 0.0598 e. The molecule has 16 atom stereocenters. The fraction of sp³-hybridized carbons (Fsp3) is 1.00. The van der Waals surface area contributed by atoms with Crippen LogP contribution in [0, 0.1) is 59.2 Å². The van der Waals surface area contributed by atoms with Gasteiger partial charge >= 0.3 is 0 Å². The van der Waals surface area contributed by atoms with Crippen LogP contribution in [0.1, 0.15) is 150 Å². The summed E-state index contributed by atoms with van der Waals surface area (Å²) in [5.74, 6) is 10.1. The fourth-order valence-electron chi connectivity index (χ4n) is 16.7. The number of nitrogens with zero attached hydrogens (tertiary/aromatic N) is 2. The molecule has 8 aliphatic rings. The van der Waals surface area contributed by atoms with E-state index in [9.17, 15) is 0 Å². The van der Waals surface area contributed by atoms with Crippen molar-refractivity contribution in [3.05, 3.63) is 0 Å². The van der Waals surface area contributed by atoms with Crippen LogP contribution in [-0.4, -0.2) is 68.3 Å². The van der Waals surface area contributed by atoms with Gasteiger partial charge in [0.15, 0.2) is 0 Å². The van der Waals surface area contributed by atoms with E-state index in [1.54, 1.807) is 44.6 Å². The first-order valence-corrected chi connectivity index (χ1v) is 25.4. The summed E-state index contributed by atoms with van der Waals surface area (Å²) in [7, 11) is 3.58. The summed E-state index contributed by atoms with van der Waals surface area (Å²) in [6.45, 7) is 16.1. The van der Waals surface area contributed by atoms with E-state index in [1.807, 2.05) is 0 Å². The summed E-state index contributed by atoms with van der Waals surface area (Å²) in [5.41, 5.74) is 2.21. The monoisotopic (exact) mass is 693 g/mol. The van der Waals surface area contributed by atoms with E-state index in [-0.39, 0.29) is 5.60 Å². The molecule has 2 aliphatic heterocycles. The highest BCUT2D eigenvalue weighted by Gasteiger charge is 2.71. The fourth-order valence-corrected chi connectivity index (χ4v) is 24.3. The van der Waals surface area contributed by atoms with E-state index in [0.717, 1.165) is 101 Å². The Balaban J connectivity index is 1.17. The Morgan fingerprint density at radius 2 is 1.02 bits per heavy atom. The number of rotatable bonds is 9. The minimum atomic E-state index is -1.71. The SMILES string of the molecule is CC1CCC2C(C1)C1C(C3CCCCC3C1[Si](C)(CCCCCCOC(C)(C)C)C1C3CCCCC3C3C1C1CC(C)CCC1N3C)N2C. The normalized spacial score (nSPS) is 49.5. The molecule has 0 amide bonds. The maximum atomic E-state index is 6.19. The quantitative estimate of drug-likeness (QED) is 0.177. The minimum Gasteiger partial charge on any atom is -0.376 e. The summed E-state index contributed by atoms with van der Waals surface area (Å²) < 4.78 is 6.19. The van der Waals surface area contributed by atoms with Gasteiger partial charge < -0.3 is 4.74 Å². The van der Waals surface area contributed by atoms with Crippen molar-refractivity contribution in [1.82, 2.24) is 9.80 Å². The molecule has 2 heterocycles. The molecule has 0 aromatic heterocycles. The number of unbranched alkanes of at least 4 members (excludes halogenated alkanes) is 3. The molecule has 0 bridgehead atoms. The third kappa shape index (κ3) is 6.23. The van der Waals surface area contributed by atoms with Crippen molar-refractivity contribution in [3.63, 3.8) is 0 Å². The molecular weight excluding hydrogens is 613 g/mol. The summed E-state index contributed by atoms with van der Waals surface area (Å²) >= 11 is 0. The second kappa shape index (κ2) is 14.1. The third-order valence-electron chi connectivity index (χ3n) is 18.1. The predicted molar refractivity (Wildman–Crippen MR) is 210 cm³/mol. The number of hydrogen-bond donors (Lipinski definition) is 0. The van der Waals surface area contributed by atoms with Crippen LogP contribution < -0.4 is 0 Å². The first-order valence-electron chi connectivity index (χ1n) is 22.6. The van der Waals surface area contributed by atoms with Crippen molar-refractivity contribution in [2.24, 2.45) is 59.2 Å². The zero-order valence-electron chi connectivity index (χ0n) is 33.7. The molecule has 0 spiro atoms. The van der Waals surface area contributed by atoms with Crippen molar-refractivity contribution in [1.29, 1.82) is 0 Å². The highest BCUT2D eigenvalue weighted by molar-refractivity contribution is 6.81. The van der Waals surface area contributed by atoms with Crippen LogP contribution in [0.3, 0.4) is 0 Å². The van der Waals surface area contributed by atoms with Crippen molar-refractivity contribution < 1.29 is 4.74 Å². The molecule has 0 N–H and O–H groups in total. The Morgan fingerprint density at radius 1 is 0.571 bits per heavy atom. The van der Waals surface area contributed by atoms with E-state index >= 15 is 0 Å². The zero-order chi connectivity index (χ0) is 34.2. The number of ether oxygens (including phenoxy) is 1. The molecule has 3 nitrogen and oxygen atoms in total. The van der Waals surface area contributed by atoms with E-state index in [1.165, 1.54) is 77.0 Å². The van der Waals surface area contributed by atoms with Gasteiger partial charge in [-0.25, -0.2) is 0 Å². The predicted octanol–water partition coefficient (Wildman–Crippen LogP) is 11.3. The lowest BCUT2D eigenvalue weighted by Gasteiger charge is -2.53. The van der Waals surface area contributed by atoms with Gasteiger partial charge in [-0.1, -0.05) is 84.2 Å². The van der Waals surface area contributed by atoms with E-state index in [0.29, 0.717) is 0 Å². The number of hydrogen-bond acceptors (Lipinski definition) is 3. The minimum absolute atomic E-state index is 0.00241. The van der Waals surface area contributed by atoms with Gasteiger partial charge in [0.1, 0.15) is 0 Å². The van der Waals surface area contributed by atoms with Crippen molar-refractivity contribution in [2.45, 2.75) is 204 Å². The standard InChI is InChI=1S/C45H80N2OSi/c1-29-21-23-37-35(27-29)39-41(46(37)6)31-17-11-13-19-33(31)43(39)49(8,26-16-10-9-15-25-48-45(3,4)5)44-34-20-14-12-18-32(34)42-40(44)36-28-30(2)22-24-38(36)47(42)7/h29-44H,9-28H2,1-8H3. The largest absolute Gasteiger partial charge is 0.376 e. The van der Waals surface area contributed by atoms with Crippen molar-refractivity contribution >= 4 is 8.07 Å².